The summed E-state index contributed by atoms with van der Waals surface area (Å²) in [7, 11) is 0. The van der Waals surface area contributed by atoms with Crippen molar-refractivity contribution >= 4 is 23.4 Å². The Balaban J connectivity index is 1.95. The normalized spacial score (nSPS) is 10.4. The highest BCUT2D eigenvalue weighted by molar-refractivity contribution is 7.98. The van der Waals surface area contributed by atoms with Crippen LogP contribution in [0.5, 0.6) is 0 Å². The zero-order chi connectivity index (χ0) is 9.80. The largest absolute Gasteiger partial charge is 0.321 e. The van der Waals surface area contributed by atoms with Crippen LogP contribution in [0.3, 0.4) is 0 Å². The minimum absolute atomic E-state index is 0.0914. The van der Waals surface area contributed by atoms with Gasteiger partial charge in [0.05, 0.1) is 5.75 Å². The minimum atomic E-state index is 0.0914. The van der Waals surface area contributed by atoms with Gasteiger partial charge >= 0.3 is 5.35 Å². The van der Waals surface area contributed by atoms with Crippen molar-refractivity contribution < 1.29 is 4.52 Å². The highest BCUT2D eigenvalue weighted by Crippen LogP contribution is 2.21. The van der Waals surface area contributed by atoms with Crippen molar-refractivity contribution in [1.29, 1.82) is 0 Å². The molecule has 1 aromatic carbocycles. The second-order valence-electron chi connectivity index (χ2n) is 2.57. The van der Waals surface area contributed by atoms with Gasteiger partial charge in [0.1, 0.15) is 0 Å². The van der Waals surface area contributed by atoms with Gasteiger partial charge in [0.2, 0.25) is 0 Å². The van der Waals surface area contributed by atoms with E-state index in [0.717, 1.165) is 0 Å². The Morgan fingerprint density at radius 1 is 1.29 bits per heavy atom. The molecule has 0 radical (unpaired) electrons. The third-order valence-corrected chi connectivity index (χ3v) is 2.72. The Morgan fingerprint density at radius 2 is 2.07 bits per heavy atom. The van der Waals surface area contributed by atoms with Crippen LogP contribution in [0.15, 0.2) is 39.8 Å². The van der Waals surface area contributed by atoms with Gasteiger partial charge in [-0.2, -0.15) is 4.98 Å². The highest BCUT2D eigenvalue weighted by Gasteiger charge is 2.03. The fraction of sp³-hybridized carbons (Fsp3) is 0.111. The molecular weight excluding hydrogens is 220 g/mol. The first-order valence-electron chi connectivity index (χ1n) is 4.00. The summed E-state index contributed by atoms with van der Waals surface area (Å²) < 4.78 is 4.64. The topological polar surface area (TPSA) is 38.9 Å². The number of aromatic nitrogens is 2. The number of hydrogen-bond donors (Lipinski definition) is 0. The Bertz CT molecular complexity index is 404. The summed E-state index contributed by atoms with van der Waals surface area (Å²) in [6.45, 7) is 0. The predicted octanol–water partition coefficient (Wildman–Crippen LogP) is 3.02. The summed E-state index contributed by atoms with van der Waals surface area (Å²) >= 11 is 7.14. The molecule has 1 heterocycles. The van der Waals surface area contributed by atoms with Crippen molar-refractivity contribution in [2.75, 3.05) is 0 Å². The van der Waals surface area contributed by atoms with E-state index in [1.807, 2.05) is 30.3 Å². The quantitative estimate of drug-likeness (QED) is 0.755. The van der Waals surface area contributed by atoms with E-state index in [4.69, 9.17) is 11.6 Å². The molecule has 0 bridgehead atoms. The van der Waals surface area contributed by atoms with E-state index in [1.54, 1.807) is 11.8 Å². The molecule has 0 unspecified atom stereocenters. The SMILES string of the molecule is Clc1nc(CSc2ccccc2)no1. The summed E-state index contributed by atoms with van der Waals surface area (Å²) in [6, 6.07) is 10.0. The monoisotopic (exact) mass is 226 g/mol. The summed E-state index contributed by atoms with van der Waals surface area (Å²) in [5.41, 5.74) is 0. The fourth-order valence-electron chi connectivity index (χ4n) is 0.956. The molecule has 0 atom stereocenters. The first kappa shape index (κ1) is 9.55. The molecule has 2 aromatic rings. The lowest BCUT2D eigenvalue weighted by molar-refractivity contribution is 0.414. The van der Waals surface area contributed by atoms with E-state index in [-0.39, 0.29) is 5.35 Å². The van der Waals surface area contributed by atoms with Crippen molar-refractivity contribution in [2.45, 2.75) is 10.6 Å². The third kappa shape index (κ3) is 2.49. The number of halogens is 1. The average molecular weight is 227 g/mol. The van der Waals surface area contributed by atoms with Gasteiger partial charge in [-0.25, -0.2) is 0 Å². The summed E-state index contributed by atoms with van der Waals surface area (Å²) in [6.07, 6.45) is 0. The smallest absolute Gasteiger partial charge is 0.320 e. The number of thioether (sulfide) groups is 1. The average Bonchev–Trinajstić information content (AvgIpc) is 2.63. The van der Waals surface area contributed by atoms with Crippen molar-refractivity contribution in [3.05, 3.63) is 41.5 Å². The molecule has 0 aliphatic carbocycles. The molecule has 0 spiro atoms. The summed E-state index contributed by atoms with van der Waals surface area (Å²) in [5, 5.41) is 3.78. The van der Waals surface area contributed by atoms with Crippen LogP contribution in [0.2, 0.25) is 5.35 Å². The molecule has 1 aromatic heterocycles. The maximum absolute atomic E-state index is 5.49. The van der Waals surface area contributed by atoms with Crippen LogP contribution in [0.4, 0.5) is 0 Å². The van der Waals surface area contributed by atoms with E-state index < -0.39 is 0 Å². The van der Waals surface area contributed by atoms with Crippen LogP contribution in [-0.2, 0) is 5.75 Å². The van der Waals surface area contributed by atoms with Crippen LogP contribution < -0.4 is 0 Å². The molecule has 3 nitrogen and oxygen atoms in total. The molecule has 0 amide bonds. The Morgan fingerprint density at radius 3 is 2.71 bits per heavy atom. The van der Waals surface area contributed by atoms with Crippen LogP contribution in [-0.4, -0.2) is 10.1 Å². The Kier molecular flexibility index (Phi) is 3.06. The van der Waals surface area contributed by atoms with Gasteiger partial charge < -0.3 is 4.52 Å². The molecule has 0 fully saturated rings. The van der Waals surface area contributed by atoms with Crippen LogP contribution >= 0.6 is 23.4 Å². The molecule has 14 heavy (non-hydrogen) atoms. The molecular formula is C9H7ClN2OS. The van der Waals surface area contributed by atoms with Gasteiger partial charge in [-0.15, -0.1) is 11.8 Å². The lowest BCUT2D eigenvalue weighted by Gasteiger charge is -1.95. The molecule has 0 aliphatic heterocycles. The lowest BCUT2D eigenvalue weighted by Crippen LogP contribution is -1.82. The zero-order valence-corrected chi connectivity index (χ0v) is 8.76. The van der Waals surface area contributed by atoms with Crippen LogP contribution in [0.25, 0.3) is 0 Å². The van der Waals surface area contributed by atoms with E-state index >= 15 is 0 Å². The van der Waals surface area contributed by atoms with Gasteiger partial charge in [-0.05, 0) is 23.7 Å². The summed E-state index contributed by atoms with van der Waals surface area (Å²) in [4.78, 5) is 5.07. The zero-order valence-electron chi connectivity index (χ0n) is 7.18. The number of rotatable bonds is 3. The summed E-state index contributed by atoms with van der Waals surface area (Å²) in [5.74, 6) is 1.28. The van der Waals surface area contributed by atoms with Crippen molar-refractivity contribution in [3.63, 3.8) is 0 Å². The second-order valence-corrected chi connectivity index (χ2v) is 3.94. The third-order valence-electron chi connectivity index (χ3n) is 1.55. The van der Waals surface area contributed by atoms with E-state index in [9.17, 15) is 0 Å². The number of hydrogen-bond acceptors (Lipinski definition) is 4. The number of nitrogens with zero attached hydrogens (tertiary/aromatic N) is 2. The van der Waals surface area contributed by atoms with Crippen molar-refractivity contribution in [1.82, 2.24) is 10.1 Å². The van der Waals surface area contributed by atoms with Gasteiger partial charge in [0, 0.05) is 4.90 Å². The van der Waals surface area contributed by atoms with Gasteiger partial charge in [-0.3, -0.25) is 0 Å². The standard InChI is InChI=1S/C9H7ClN2OS/c10-9-11-8(12-13-9)6-14-7-4-2-1-3-5-7/h1-5H,6H2. The van der Waals surface area contributed by atoms with Crippen molar-refractivity contribution in [2.24, 2.45) is 0 Å². The molecule has 72 valence electrons. The highest BCUT2D eigenvalue weighted by atomic mass is 35.5. The van der Waals surface area contributed by atoms with E-state index in [1.165, 1.54) is 4.90 Å². The van der Waals surface area contributed by atoms with E-state index in [2.05, 4.69) is 14.7 Å². The van der Waals surface area contributed by atoms with Crippen LogP contribution in [0.1, 0.15) is 5.82 Å². The predicted molar refractivity (Wildman–Crippen MR) is 55.3 cm³/mol. The minimum Gasteiger partial charge on any atom is -0.321 e. The Labute approximate surface area is 90.5 Å². The fourth-order valence-corrected chi connectivity index (χ4v) is 1.85. The number of benzene rings is 1. The maximum Gasteiger partial charge on any atom is 0.320 e. The van der Waals surface area contributed by atoms with Crippen molar-refractivity contribution in [3.8, 4) is 0 Å². The van der Waals surface area contributed by atoms with Gasteiger partial charge in [0.15, 0.2) is 5.82 Å². The molecule has 0 aliphatic rings. The Hall–Kier alpha value is -1.00. The van der Waals surface area contributed by atoms with Gasteiger partial charge in [-0.1, -0.05) is 23.4 Å². The van der Waals surface area contributed by atoms with Gasteiger partial charge in [0.25, 0.3) is 0 Å². The molecule has 5 heteroatoms. The molecule has 0 saturated heterocycles. The first-order valence-corrected chi connectivity index (χ1v) is 5.37. The first-order chi connectivity index (χ1) is 6.84. The second kappa shape index (κ2) is 4.48. The molecule has 2 rings (SSSR count). The lowest BCUT2D eigenvalue weighted by atomic mass is 10.4. The van der Waals surface area contributed by atoms with Crippen LogP contribution in [0, 0.1) is 0 Å². The molecule has 0 N–H and O–H groups in total. The van der Waals surface area contributed by atoms with E-state index in [0.29, 0.717) is 11.6 Å². The molecule has 0 saturated carbocycles. The maximum atomic E-state index is 5.49.